The van der Waals surface area contributed by atoms with Crippen LogP contribution < -0.4 is 5.32 Å². The first kappa shape index (κ1) is 10.5. The highest BCUT2D eigenvalue weighted by Crippen LogP contribution is 1.77. The number of nitrogens with one attached hydrogen (secondary N) is 1. The maximum absolute atomic E-state index is 4.90. The van der Waals surface area contributed by atoms with Crippen LogP contribution in [0.3, 0.4) is 0 Å². The molecule has 0 radical (unpaired) electrons. The Morgan fingerprint density at radius 1 is 1.36 bits per heavy atom. The third-order valence-electron chi connectivity index (χ3n) is 1.31. The van der Waals surface area contributed by atoms with Crippen molar-refractivity contribution in [3.63, 3.8) is 0 Å². The smallest absolute Gasteiger partial charge is 0.0474 e. The molecule has 0 saturated carbocycles. The molecule has 0 aliphatic heterocycles. The summed E-state index contributed by atoms with van der Waals surface area (Å²) in [4.78, 5) is 0. The van der Waals surface area contributed by atoms with Gasteiger partial charge in [0, 0.05) is 26.7 Å². The van der Waals surface area contributed by atoms with Gasteiger partial charge >= 0.3 is 0 Å². The van der Waals surface area contributed by atoms with Crippen LogP contribution in [0.25, 0.3) is 0 Å². The molecule has 0 saturated heterocycles. The van der Waals surface area contributed by atoms with Crippen molar-refractivity contribution in [1.29, 1.82) is 0 Å². The zero-order chi connectivity index (χ0) is 8.36. The summed E-state index contributed by atoms with van der Waals surface area (Å²) < 4.78 is 4.90. The predicted octanol–water partition coefficient (Wildman–Crippen LogP) is 1.03. The molecule has 0 spiro atoms. The normalized spacial score (nSPS) is 8.91. The van der Waals surface area contributed by atoms with Gasteiger partial charge in [-0.15, -0.1) is 11.8 Å². The molecule has 0 amide bonds. The fourth-order valence-corrected chi connectivity index (χ4v) is 0.742. The van der Waals surface area contributed by atoms with Crippen LogP contribution in [-0.4, -0.2) is 26.8 Å². The maximum atomic E-state index is 4.90. The van der Waals surface area contributed by atoms with Gasteiger partial charge in [-0.25, -0.2) is 0 Å². The van der Waals surface area contributed by atoms with Crippen molar-refractivity contribution in [3.8, 4) is 11.8 Å². The number of rotatable bonds is 6. The summed E-state index contributed by atoms with van der Waals surface area (Å²) in [6.45, 7) is 4.72. The van der Waals surface area contributed by atoms with Crippen molar-refractivity contribution >= 4 is 0 Å². The molecule has 2 heteroatoms. The second-order valence-corrected chi connectivity index (χ2v) is 2.27. The number of methoxy groups -OCH3 is 1. The average molecular weight is 155 g/mol. The van der Waals surface area contributed by atoms with Crippen LogP contribution in [0.5, 0.6) is 0 Å². The molecular weight excluding hydrogens is 138 g/mol. The first-order valence-electron chi connectivity index (χ1n) is 4.01. The Labute approximate surface area is 69.3 Å². The van der Waals surface area contributed by atoms with Crippen molar-refractivity contribution in [2.45, 2.75) is 19.8 Å². The van der Waals surface area contributed by atoms with Gasteiger partial charge in [0.05, 0.1) is 0 Å². The molecule has 0 unspecified atom stereocenters. The Bertz CT molecular complexity index is 123. The molecule has 0 aromatic heterocycles. The fourth-order valence-electron chi connectivity index (χ4n) is 0.742. The Balaban J connectivity index is 2.83. The highest BCUT2D eigenvalue weighted by molar-refractivity contribution is 4.94. The fraction of sp³-hybridized carbons (Fsp3) is 0.778. The molecule has 0 aliphatic rings. The number of ether oxygens (including phenoxy) is 1. The molecule has 0 bridgehead atoms. The van der Waals surface area contributed by atoms with Crippen molar-refractivity contribution < 1.29 is 4.74 Å². The quantitative estimate of drug-likeness (QED) is 0.457. The summed E-state index contributed by atoms with van der Waals surface area (Å²) in [7, 11) is 1.72. The van der Waals surface area contributed by atoms with Crippen molar-refractivity contribution in [2.75, 3.05) is 26.8 Å². The van der Waals surface area contributed by atoms with Crippen molar-refractivity contribution in [1.82, 2.24) is 5.32 Å². The van der Waals surface area contributed by atoms with E-state index in [4.69, 9.17) is 4.74 Å². The van der Waals surface area contributed by atoms with Gasteiger partial charge in [-0.3, -0.25) is 0 Å². The zero-order valence-electron chi connectivity index (χ0n) is 7.44. The topological polar surface area (TPSA) is 21.3 Å². The molecule has 64 valence electrons. The van der Waals surface area contributed by atoms with Gasteiger partial charge in [-0.1, -0.05) is 0 Å². The maximum Gasteiger partial charge on any atom is 0.0474 e. The third-order valence-corrected chi connectivity index (χ3v) is 1.31. The van der Waals surface area contributed by atoms with Crippen LogP contribution in [0.15, 0.2) is 0 Å². The first-order valence-corrected chi connectivity index (χ1v) is 4.01. The summed E-state index contributed by atoms with van der Waals surface area (Å²) in [6.07, 6.45) is 2.03. The van der Waals surface area contributed by atoms with Crippen molar-refractivity contribution in [2.24, 2.45) is 0 Å². The van der Waals surface area contributed by atoms with E-state index in [9.17, 15) is 0 Å². The van der Waals surface area contributed by atoms with E-state index in [2.05, 4.69) is 17.2 Å². The van der Waals surface area contributed by atoms with Gasteiger partial charge in [0.1, 0.15) is 0 Å². The summed E-state index contributed by atoms with van der Waals surface area (Å²) in [5, 5.41) is 3.27. The van der Waals surface area contributed by atoms with Gasteiger partial charge in [0.2, 0.25) is 0 Å². The Kier molecular flexibility index (Phi) is 9.03. The second-order valence-electron chi connectivity index (χ2n) is 2.27. The molecule has 0 heterocycles. The first-order chi connectivity index (χ1) is 5.41. The third kappa shape index (κ3) is 9.48. The molecular formula is C9H17NO. The lowest BCUT2D eigenvalue weighted by Crippen LogP contribution is -2.17. The summed E-state index contributed by atoms with van der Waals surface area (Å²) in [6, 6.07) is 0. The van der Waals surface area contributed by atoms with Crippen LogP contribution >= 0.6 is 0 Å². The largest absolute Gasteiger partial charge is 0.385 e. The number of hydrogen-bond donors (Lipinski definition) is 1. The summed E-state index contributed by atoms with van der Waals surface area (Å²) in [5.41, 5.74) is 0. The SMILES string of the molecule is CC#CCCNCCCOC. The molecule has 0 aromatic rings. The van der Waals surface area contributed by atoms with Crippen molar-refractivity contribution in [3.05, 3.63) is 0 Å². The minimum Gasteiger partial charge on any atom is -0.385 e. The average Bonchev–Trinajstić information content (AvgIpc) is 2.03. The lowest BCUT2D eigenvalue weighted by Gasteiger charge is -2.00. The van der Waals surface area contributed by atoms with Crippen LogP contribution in [0.1, 0.15) is 19.8 Å². The molecule has 0 rings (SSSR count). The monoisotopic (exact) mass is 155 g/mol. The molecule has 0 fully saturated rings. The second kappa shape index (κ2) is 9.48. The molecule has 2 nitrogen and oxygen atoms in total. The van der Waals surface area contributed by atoms with E-state index in [0.717, 1.165) is 32.5 Å². The standard InChI is InChI=1S/C9H17NO/c1-3-4-5-7-10-8-6-9-11-2/h10H,5-9H2,1-2H3. The minimum atomic E-state index is 0.840. The molecule has 0 aliphatic carbocycles. The van der Waals surface area contributed by atoms with Crippen LogP contribution in [0.4, 0.5) is 0 Å². The highest BCUT2D eigenvalue weighted by Gasteiger charge is 1.84. The van der Waals surface area contributed by atoms with E-state index in [1.165, 1.54) is 0 Å². The zero-order valence-corrected chi connectivity index (χ0v) is 7.44. The van der Waals surface area contributed by atoms with E-state index in [-0.39, 0.29) is 0 Å². The molecule has 1 N–H and O–H groups in total. The van der Waals surface area contributed by atoms with Gasteiger partial charge < -0.3 is 10.1 Å². The van der Waals surface area contributed by atoms with E-state index in [1.54, 1.807) is 7.11 Å². The van der Waals surface area contributed by atoms with E-state index >= 15 is 0 Å². The van der Waals surface area contributed by atoms with Crippen LogP contribution in [0, 0.1) is 11.8 Å². The van der Waals surface area contributed by atoms with E-state index < -0.39 is 0 Å². The summed E-state index contributed by atoms with van der Waals surface area (Å²) >= 11 is 0. The molecule has 0 aromatic carbocycles. The lowest BCUT2D eigenvalue weighted by molar-refractivity contribution is 0.194. The van der Waals surface area contributed by atoms with Gasteiger partial charge in [0.25, 0.3) is 0 Å². The van der Waals surface area contributed by atoms with Gasteiger partial charge in [0.15, 0.2) is 0 Å². The Hall–Kier alpha value is -0.520. The Morgan fingerprint density at radius 3 is 2.82 bits per heavy atom. The van der Waals surface area contributed by atoms with Gasteiger partial charge in [-0.05, 0) is 19.9 Å². The van der Waals surface area contributed by atoms with Gasteiger partial charge in [-0.2, -0.15) is 0 Å². The Morgan fingerprint density at radius 2 is 2.18 bits per heavy atom. The van der Waals surface area contributed by atoms with E-state index in [1.807, 2.05) is 6.92 Å². The van der Waals surface area contributed by atoms with Crippen LogP contribution in [-0.2, 0) is 4.74 Å². The highest BCUT2D eigenvalue weighted by atomic mass is 16.5. The molecule has 11 heavy (non-hydrogen) atoms. The minimum absolute atomic E-state index is 0.840. The number of hydrogen-bond acceptors (Lipinski definition) is 2. The lowest BCUT2D eigenvalue weighted by atomic mass is 10.4. The predicted molar refractivity (Wildman–Crippen MR) is 47.4 cm³/mol. The molecule has 0 atom stereocenters. The summed E-state index contributed by atoms with van der Waals surface area (Å²) in [5.74, 6) is 5.85. The van der Waals surface area contributed by atoms with E-state index in [0.29, 0.717) is 0 Å². The van der Waals surface area contributed by atoms with Crippen LogP contribution in [0.2, 0.25) is 0 Å².